The smallest absolute Gasteiger partial charge is 0.248 e. The Morgan fingerprint density at radius 2 is 1.26 bits per heavy atom. The fourth-order valence-corrected chi connectivity index (χ4v) is 4.39. The number of carbonyl (C=O) groups excluding carboxylic acids is 1. The first kappa shape index (κ1) is 27.6. The quantitative estimate of drug-likeness (QED) is 0.175. The third-order valence-corrected chi connectivity index (χ3v) is 6.55. The third kappa shape index (κ3) is 6.72. The molecule has 1 aliphatic rings. The van der Waals surface area contributed by atoms with Crippen LogP contribution in [0.4, 0.5) is 0 Å². The van der Waals surface area contributed by atoms with Crippen molar-refractivity contribution >= 4 is 5.78 Å². The van der Waals surface area contributed by atoms with Gasteiger partial charge in [-0.15, -0.1) is 0 Å². The van der Waals surface area contributed by atoms with Gasteiger partial charge < -0.3 is 24.3 Å². The van der Waals surface area contributed by atoms with Gasteiger partial charge in [-0.3, -0.25) is 4.79 Å². The number of ether oxygens (including phenoxy) is 4. The Balaban J connectivity index is 1.49. The minimum Gasteiger partial charge on any atom is -0.345 e. The Hall–Kier alpha value is -3.39. The van der Waals surface area contributed by atoms with E-state index in [0.29, 0.717) is 31.7 Å². The van der Waals surface area contributed by atoms with E-state index in [1.54, 1.807) is 14.2 Å². The molecule has 0 aliphatic heterocycles. The van der Waals surface area contributed by atoms with E-state index in [0.717, 1.165) is 16.7 Å². The van der Waals surface area contributed by atoms with Crippen molar-refractivity contribution < 1.29 is 23.7 Å². The van der Waals surface area contributed by atoms with Crippen LogP contribution >= 0.6 is 0 Å². The summed E-state index contributed by atoms with van der Waals surface area (Å²) in [5.74, 6) is -2.59. The molecule has 0 radical (unpaired) electrons. The van der Waals surface area contributed by atoms with Crippen LogP contribution in [-0.2, 0) is 32.2 Å². The Labute approximate surface area is 224 Å². The zero-order chi connectivity index (χ0) is 26.7. The summed E-state index contributed by atoms with van der Waals surface area (Å²) in [6.07, 6.45) is 6.41. The van der Waals surface area contributed by atoms with Crippen LogP contribution in [0.2, 0.25) is 0 Å². The van der Waals surface area contributed by atoms with Crippen molar-refractivity contribution in [1.82, 2.24) is 5.32 Å². The minimum atomic E-state index is -1.34. The van der Waals surface area contributed by atoms with Gasteiger partial charge in [0.2, 0.25) is 11.6 Å². The SMILES string of the molecule is COC1(OCc2ccccc2)C=CC(CCNCC(=O)c2ccccc2)=CC1(OC)OCc1ccccc1. The second-order valence-corrected chi connectivity index (χ2v) is 9.06. The number of allylic oxidation sites excluding steroid dienone is 1. The second-order valence-electron chi connectivity index (χ2n) is 9.06. The number of rotatable bonds is 14. The van der Waals surface area contributed by atoms with Gasteiger partial charge >= 0.3 is 0 Å². The summed E-state index contributed by atoms with van der Waals surface area (Å²) < 4.78 is 24.9. The predicted octanol–water partition coefficient (Wildman–Crippen LogP) is 5.46. The van der Waals surface area contributed by atoms with E-state index in [1.807, 2.05) is 109 Å². The molecular weight excluding hydrogens is 478 g/mol. The number of ketones is 1. The molecule has 1 N–H and O–H groups in total. The largest absolute Gasteiger partial charge is 0.345 e. The first-order chi connectivity index (χ1) is 18.6. The third-order valence-electron chi connectivity index (χ3n) is 6.55. The molecular formula is C32H35NO5. The summed E-state index contributed by atoms with van der Waals surface area (Å²) in [7, 11) is 3.18. The first-order valence-corrected chi connectivity index (χ1v) is 12.8. The maximum atomic E-state index is 12.4. The predicted molar refractivity (Wildman–Crippen MR) is 147 cm³/mol. The van der Waals surface area contributed by atoms with Crippen molar-refractivity contribution in [2.45, 2.75) is 31.2 Å². The second kappa shape index (κ2) is 13.4. The highest BCUT2D eigenvalue weighted by Crippen LogP contribution is 2.40. The molecule has 4 rings (SSSR count). The first-order valence-electron chi connectivity index (χ1n) is 12.8. The molecule has 0 saturated carbocycles. The molecule has 1 aliphatic carbocycles. The number of Topliss-reactive ketones (excluding diaryl/α,β-unsaturated/α-hetero) is 1. The van der Waals surface area contributed by atoms with Crippen molar-refractivity contribution in [3.63, 3.8) is 0 Å². The summed E-state index contributed by atoms with van der Waals surface area (Å²) in [6.45, 7) is 1.49. The van der Waals surface area contributed by atoms with Gasteiger partial charge in [0.1, 0.15) is 0 Å². The van der Waals surface area contributed by atoms with E-state index in [4.69, 9.17) is 18.9 Å². The molecule has 3 aromatic rings. The van der Waals surface area contributed by atoms with E-state index in [9.17, 15) is 4.79 Å². The lowest BCUT2D eigenvalue weighted by atomic mass is 9.93. The summed E-state index contributed by atoms with van der Waals surface area (Å²) in [5.41, 5.74) is 3.69. The highest BCUT2D eigenvalue weighted by Gasteiger charge is 2.54. The molecule has 0 amide bonds. The van der Waals surface area contributed by atoms with Crippen molar-refractivity contribution in [2.24, 2.45) is 0 Å². The van der Waals surface area contributed by atoms with Crippen LogP contribution in [0.1, 0.15) is 27.9 Å². The van der Waals surface area contributed by atoms with Crippen LogP contribution in [0, 0.1) is 0 Å². The standard InChI is InChI=1S/C32H35NO5/c1-35-31(37-24-27-12-6-3-7-13-27)20-18-26(19-21-33-23-30(34)29-16-10-5-11-17-29)22-32(31,36-2)38-25-28-14-8-4-9-15-28/h3-18,20,22,33H,19,21,23-25H2,1-2H3. The molecule has 0 fully saturated rings. The van der Waals surface area contributed by atoms with Crippen molar-refractivity contribution in [1.29, 1.82) is 0 Å². The van der Waals surface area contributed by atoms with Crippen LogP contribution in [-0.4, -0.2) is 44.7 Å². The van der Waals surface area contributed by atoms with E-state index < -0.39 is 11.6 Å². The average Bonchev–Trinajstić information content (AvgIpc) is 2.99. The van der Waals surface area contributed by atoms with E-state index in [2.05, 4.69) is 5.32 Å². The lowest BCUT2D eigenvalue weighted by Gasteiger charge is -2.46. The zero-order valence-electron chi connectivity index (χ0n) is 22.0. The zero-order valence-corrected chi connectivity index (χ0v) is 22.0. The summed E-state index contributed by atoms with van der Waals surface area (Å²) in [5, 5.41) is 3.25. The molecule has 38 heavy (non-hydrogen) atoms. The highest BCUT2D eigenvalue weighted by atomic mass is 16.8. The molecule has 6 nitrogen and oxygen atoms in total. The number of hydrogen-bond acceptors (Lipinski definition) is 6. The van der Waals surface area contributed by atoms with Crippen LogP contribution in [0.5, 0.6) is 0 Å². The lowest BCUT2D eigenvalue weighted by molar-refractivity contribution is -0.365. The van der Waals surface area contributed by atoms with Crippen LogP contribution in [0.25, 0.3) is 0 Å². The maximum Gasteiger partial charge on any atom is 0.248 e. The molecule has 0 aromatic heterocycles. The monoisotopic (exact) mass is 513 g/mol. The molecule has 0 spiro atoms. The number of hydrogen-bond donors (Lipinski definition) is 1. The van der Waals surface area contributed by atoms with Gasteiger partial charge in [-0.1, -0.05) is 97.1 Å². The normalized spacial score (nSPS) is 20.7. The van der Waals surface area contributed by atoms with Crippen LogP contribution < -0.4 is 5.32 Å². The molecule has 198 valence electrons. The van der Waals surface area contributed by atoms with Crippen LogP contribution in [0.15, 0.2) is 115 Å². The number of nitrogens with one attached hydrogen (secondary N) is 1. The Kier molecular flexibility index (Phi) is 9.76. The average molecular weight is 514 g/mol. The molecule has 2 atom stereocenters. The molecule has 3 aromatic carbocycles. The Morgan fingerprint density at radius 1 is 0.737 bits per heavy atom. The van der Waals surface area contributed by atoms with Crippen LogP contribution in [0.3, 0.4) is 0 Å². The molecule has 2 unspecified atom stereocenters. The molecule has 0 saturated heterocycles. The summed E-state index contributed by atoms with van der Waals surface area (Å²) in [4.78, 5) is 12.4. The van der Waals surface area contributed by atoms with E-state index in [-0.39, 0.29) is 12.3 Å². The fraction of sp³-hybridized carbons (Fsp3) is 0.281. The fourth-order valence-electron chi connectivity index (χ4n) is 4.39. The topological polar surface area (TPSA) is 66.0 Å². The van der Waals surface area contributed by atoms with Gasteiger partial charge in [0, 0.05) is 19.8 Å². The number of methoxy groups -OCH3 is 2. The summed E-state index contributed by atoms with van der Waals surface area (Å²) in [6, 6.07) is 29.1. The van der Waals surface area contributed by atoms with E-state index >= 15 is 0 Å². The van der Waals surface area contributed by atoms with Gasteiger partial charge in [-0.25, -0.2) is 0 Å². The maximum absolute atomic E-state index is 12.4. The van der Waals surface area contributed by atoms with Gasteiger partial charge in [-0.2, -0.15) is 0 Å². The molecule has 6 heteroatoms. The summed E-state index contributed by atoms with van der Waals surface area (Å²) >= 11 is 0. The van der Waals surface area contributed by atoms with Crippen molar-refractivity contribution in [3.8, 4) is 0 Å². The van der Waals surface area contributed by atoms with E-state index in [1.165, 1.54) is 0 Å². The molecule has 0 bridgehead atoms. The highest BCUT2D eigenvalue weighted by molar-refractivity contribution is 5.97. The van der Waals surface area contributed by atoms with Gasteiger partial charge in [0.15, 0.2) is 5.78 Å². The van der Waals surface area contributed by atoms with Crippen molar-refractivity contribution in [3.05, 3.63) is 131 Å². The van der Waals surface area contributed by atoms with Gasteiger partial charge in [-0.05, 0) is 41.8 Å². The molecule has 0 heterocycles. The van der Waals surface area contributed by atoms with Gasteiger partial charge in [0.05, 0.1) is 19.8 Å². The minimum absolute atomic E-state index is 0.0592. The number of benzene rings is 3. The Bertz CT molecular complexity index is 1210. The number of carbonyl (C=O) groups is 1. The Morgan fingerprint density at radius 3 is 1.82 bits per heavy atom. The van der Waals surface area contributed by atoms with Crippen molar-refractivity contribution in [2.75, 3.05) is 27.3 Å². The lowest BCUT2D eigenvalue weighted by Crippen LogP contribution is -2.59. The van der Waals surface area contributed by atoms with Gasteiger partial charge in [0.25, 0.3) is 0 Å².